The van der Waals surface area contributed by atoms with E-state index in [1.165, 1.54) is 96.3 Å². The quantitative estimate of drug-likeness (QED) is 0.0424. The van der Waals surface area contributed by atoms with Crippen LogP contribution < -0.4 is 0 Å². The van der Waals surface area contributed by atoms with Crippen molar-refractivity contribution in [2.75, 3.05) is 19.8 Å². The Bertz CT molecular complexity index is 968. The minimum absolute atomic E-state index is 0.218. The number of hydrogen-bond acceptors (Lipinski definition) is 12. The molecular formula is C36H75AlO12S3. The minimum Gasteiger partial charge on any atom is -0.319 e. The molecule has 0 aliphatic carbocycles. The Hall–Kier alpha value is 0.142. The molecule has 0 amide bonds. The SMILES string of the molecule is CCCCCCCCCCCCOS(=O)(=O)[O][Al]([O]S(=O)(=O)OCCCCCCCCCCCC)[O]S(=O)(=O)OCCCCCCCCCCCC. The van der Waals surface area contributed by atoms with Crippen LogP contribution in [0.15, 0.2) is 0 Å². The van der Waals surface area contributed by atoms with Gasteiger partial charge in [0.05, 0.1) is 19.8 Å². The molecule has 0 aliphatic rings. The van der Waals surface area contributed by atoms with E-state index in [9.17, 15) is 25.3 Å². The van der Waals surface area contributed by atoms with Gasteiger partial charge in [0.25, 0.3) is 0 Å². The molecule has 0 aliphatic heterocycles. The van der Waals surface area contributed by atoms with E-state index >= 15 is 0 Å². The van der Waals surface area contributed by atoms with Crippen molar-refractivity contribution < 1.29 is 47.5 Å². The fourth-order valence-corrected chi connectivity index (χ4v) is 10.9. The van der Waals surface area contributed by atoms with Gasteiger partial charge in [0.1, 0.15) is 0 Å². The van der Waals surface area contributed by atoms with Gasteiger partial charge < -0.3 is 9.70 Å². The van der Waals surface area contributed by atoms with Crippen LogP contribution in [0.3, 0.4) is 0 Å². The Balaban J connectivity index is 4.81. The molecule has 0 bridgehead atoms. The van der Waals surface area contributed by atoms with Gasteiger partial charge in [0, 0.05) is 0 Å². The normalized spacial score (nSPS) is 12.5. The Kier molecular flexibility index (Phi) is 35.6. The highest BCUT2D eigenvalue weighted by molar-refractivity contribution is 7.85. The van der Waals surface area contributed by atoms with Crippen LogP contribution in [0.2, 0.25) is 0 Å². The first-order chi connectivity index (χ1) is 25.0. The highest BCUT2D eigenvalue weighted by Crippen LogP contribution is 2.16. The highest BCUT2D eigenvalue weighted by Gasteiger charge is 2.48. The van der Waals surface area contributed by atoms with Crippen molar-refractivity contribution in [1.82, 2.24) is 0 Å². The smallest absolute Gasteiger partial charge is 0.319 e. The van der Waals surface area contributed by atoms with Crippen LogP contribution in [-0.4, -0.2) is 60.2 Å². The van der Waals surface area contributed by atoms with Crippen molar-refractivity contribution in [3.8, 4) is 0 Å². The summed E-state index contributed by atoms with van der Waals surface area (Å²) in [4.78, 5) is 0. The molecule has 16 heteroatoms. The summed E-state index contributed by atoms with van der Waals surface area (Å²) in [5.41, 5.74) is 0. The maximum absolute atomic E-state index is 12.6. The monoisotopic (exact) mass is 822 g/mol. The summed E-state index contributed by atoms with van der Waals surface area (Å²) in [6, 6.07) is 0. The molecule has 312 valence electrons. The first kappa shape index (κ1) is 52.1. The Morgan fingerprint density at radius 1 is 0.288 bits per heavy atom. The third-order valence-corrected chi connectivity index (χ3v) is 14.8. The molecule has 0 fully saturated rings. The zero-order valence-electron chi connectivity index (χ0n) is 33.0. The van der Waals surface area contributed by atoms with Gasteiger partial charge in [0.15, 0.2) is 0 Å². The average Bonchev–Trinajstić information content (AvgIpc) is 3.07. The standard InChI is InChI=1S/3C12H26O4S.Al/c3*1-2-3-4-5-6-7-8-9-10-11-12-16-17(13,14)15;/h3*2-12H2,1H3,(H,13,14,15);/q;;;+3/p-3. The number of rotatable bonds is 42. The van der Waals surface area contributed by atoms with Crippen LogP contribution in [0.1, 0.15) is 213 Å². The molecule has 0 aromatic heterocycles. The van der Waals surface area contributed by atoms with Crippen LogP contribution >= 0.6 is 0 Å². The molecule has 12 nitrogen and oxygen atoms in total. The Morgan fingerprint density at radius 2 is 0.462 bits per heavy atom. The maximum Gasteiger partial charge on any atom is 0.956 e. The minimum atomic E-state index is -4.86. The van der Waals surface area contributed by atoms with Crippen molar-refractivity contribution in [1.29, 1.82) is 0 Å². The van der Waals surface area contributed by atoms with E-state index in [4.69, 9.17) is 22.3 Å². The first-order valence-electron chi connectivity index (χ1n) is 20.7. The number of hydrogen-bond donors (Lipinski definition) is 0. The van der Waals surface area contributed by atoms with Gasteiger partial charge in [0.2, 0.25) is 0 Å². The Labute approximate surface area is 325 Å². The molecular weight excluding hydrogens is 748 g/mol. The zero-order valence-corrected chi connectivity index (χ0v) is 36.6. The summed E-state index contributed by atoms with van der Waals surface area (Å²) in [6.45, 7) is 5.90. The second-order valence-corrected chi connectivity index (χ2v) is 19.9. The second kappa shape index (κ2) is 35.5. The van der Waals surface area contributed by atoms with Gasteiger partial charge in [-0.25, -0.2) is 0 Å². The molecule has 0 heterocycles. The lowest BCUT2D eigenvalue weighted by Gasteiger charge is -2.14. The van der Waals surface area contributed by atoms with E-state index in [0.29, 0.717) is 19.3 Å². The molecule has 0 radical (unpaired) electrons. The van der Waals surface area contributed by atoms with Crippen LogP contribution in [0.4, 0.5) is 0 Å². The lowest BCUT2D eigenvalue weighted by atomic mass is 10.1. The van der Waals surface area contributed by atoms with E-state index < -0.39 is 46.3 Å². The lowest BCUT2D eigenvalue weighted by Crippen LogP contribution is -2.36. The highest BCUT2D eigenvalue weighted by atomic mass is 32.3. The van der Waals surface area contributed by atoms with Gasteiger partial charge in [-0.2, -0.15) is 25.3 Å². The maximum atomic E-state index is 12.6. The molecule has 0 N–H and O–H groups in total. The summed E-state index contributed by atoms with van der Waals surface area (Å²) < 4.78 is 104. The summed E-state index contributed by atoms with van der Waals surface area (Å²) in [5, 5.41) is 0. The molecule has 52 heavy (non-hydrogen) atoms. The molecule has 0 atom stereocenters. The van der Waals surface area contributed by atoms with E-state index in [1.807, 2.05) is 0 Å². The molecule has 0 aromatic carbocycles. The third kappa shape index (κ3) is 37.1. The van der Waals surface area contributed by atoms with E-state index in [1.54, 1.807) is 0 Å². The van der Waals surface area contributed by atoms with E-state index in [-0.39, 0.29) is 19.8 Å². The van der Waals surface area contributed by atoms with Crippen molar-refractivity contribution in [3.05, 3.63) is 0 Å². The van der Waals surface area contributed by atoms with Gasteiger partial charge in [-0.15, -0.1) is 0 Å². The van der Waals surface area contributed by atoms with Gasteiger partial charge >= 0.3 is 46.3 Å². The fourth-order valence-electron chi connectivity index (χ4n) is 5.67. The second-order valence-electron chi connectivity index (χ2n) is 13.8. The van der Waals surface area contributed by atoms with Crippen LogP contribution in [-0.2, 0) is 53.5 Å². The van der Waals surface area contributed by atoms with Gasteiger partial charge in [-0.05, 0) is 19.3 Å². The zero-order chi connectivity index (χ0) is 38.7. The summed E-state index contributed by atoms with van der Waals surface area (Å²) in [6.07, 6.45) is 31.1. The molecule has 0 saturated heterocycles. The van der Waals surface area contributed by atoms with Crippen LogP contribution in [0.5, 0.6) is 0 Å². The molecule has 0 saturated carbocycles. The molecule has 0 rings (SSSR count). The summed E-state index contributed by atoms with van der Waals surface area (Å²) in [5.74, 6) is 0. The van der Waals surface area contributed by atoms with Gasteiger partial charge in [-0.3, -0.25) is 12.5 Å². The third-order valence-electron chi connectivity index (χ3n) is 8.77. The topological polar surface area (TPSA) is 158 Å². The Morgan fingerprint density at radius 3 is 0.654 bits per heavy atom. The first-order valence-corrected chi connectivity index (χ1v) is 26.1. The molecule has 0 unspecified atom stereocenters. The van der Waals surface area contributed by atoms with Crippen LogP contribution in [0, 0.1) is 0 Å². The van der Waals surface area contributed by atoms with Crippen molar-refractivity contribution in [2.24, 2.45) is 0 Å². The van der Waals surface area contributed by atoms with Crippen molar-refractivity contribution in [2.45, 2.75) is 213 Å². The predicted molar refractivity (Wildman–Crippen MR) is 209 cm³/mol. The van der Waals surface area contributed by atoms with E-state index in [2.05, 4.69) is 20.8 Å². The summed E-state index contributed by atoms with van der Waals surface area (Å²) >= 11 is -4.51. The molecule has 0 aromatic rings. The van der Waals surface area contributed by atoms with Crippen molar-refractivity contribution >= 4 is 46.3 Å². The van der Waals surface area contributed by atoms with E-state index in [0.717, 1.165) is 77.0 Å². The predicted octanol–water partition coefficient (Wildman–Crippen LogP) is 10.6. The van der Waals surface area contributed by atoms with Crippen molar-refractivity contribution in [3.63, 3.8) is 0 Å². The molecule has 0 spiro atoms. The van der Waals surface area contributed by atoms with Crippen LogP contribution in [0.25, 0.3) is 0 Å². The average molecular weight is 823 g/mol. The largest absolute Gasteiger partial charge is 0.956 e. The lowest BCUT2D eigenvalue weighted by molar-refractivity contribution is 0.200. The number of unbranched alkanes of at least 4 members (excludes halogenated alkanes) is 27. The fraction of sp³-hybridized carbons (Fsp3) is 1.00. The summed E-state index contributed by atoms with van der Waals surface area (Å²) in [7, 11) is -14.6. The van der Waals surface area contributed by atoms with Gasteiger partial charge in [-0.1, -0.05) is 194 Å².